The van der Waals surface area contributed by atoms with Crippen molar-refractivity contribution in [2.45, 2.75) is 57.5 Å². The van der Waals surface area contributed by atoms with Gasteiger partial charge in [-0.05, 0) is 57.0 Å². The van der Waals surface area contributed by atoms with E-state index in [9.17, 15) is 8.42 Å². The Balaban J connectivity index is 3.31. The maximum atomic E-state index is 12.7. The second kappa shape index (κ2) is 7.22. The van der Waals surface area contributed by atoms with Gasteiger partial charge in [-0.3, -0.25) is 0 Å². The van der Waals surface area contributed by atoms with Gasteiger partial charge >= 0.3 is 0 Å². The molecule has 0 aromatic heterocycles. The predicted octanol–water partition coefficient (Wildman–Crippen LogP) is 3.33. The lowest BCUT2D eigenvalue weighted by Crippen LogP contribution is -2.45. The molecule has 2 N–H and O–H groups in total. The predicted molar refractivity (Wildman–Crippen MR) is 91.0 cm³/mol. The first-order valence-electron chi connectivity index (χ1n) is 7.16. The van der Waals surface area contributed by atoms with Crippen molar-refractivity contribution in [1.82, 2.24) is 10.0 Å². The fourth-order valence-electron chi connectivity index (χ4n) is 2.07. The van der Waals surface area contributed by atoms with Crippen molar-refractivity contribution in [3.63, 3.8) is 0 Å². The monoisotopic (exact) mass is 376 g/mol. The van der Waals surface area contributed by atoms with Crippen molar-refractivity contribution in [3.05, 3.63) is 27.7 Å². The van der Waals surface area contributed by atoms with Crippen LogP contribution in [0.25, 0.3) is 0 Å². The van der Waals surface area contributed by atoms with E-state index in [1.807, 2.05) is 40.8 Å². The molecule has 1 rings (SSSR count). The Kier molecular flexibility index (Phi) is 6.40. The van der Waals surface area contributed by atoms with Crippen molar-refractivity contribution in [3.8, 4) is 0 Å². The Morgan fingerprint density at radius 3 is 2.29 bits per heavy atom. The molecule has 0 spiro atoms. The van der Waals surface area contributed by atoms with Crippen molar-refractivity contribution in [2.75, 3.05) is 7.05 Å². The van der Waals surface area contributed by atoms with Crippen LogP contribution in [0.4, 0.5) is 0 Å². The molecular weight excluding hydrogens is 352 g/mol. The van der Waals surface area contributed by atoms with Crippen LogP contribution in [-0.2, 0) is 16.6 Å². The fourth-order valence-corrected chi connectivity index (χ4v) is 4.57. The Labute approximate surface area is 136 Å². The van der Waals surface area contributed by atoms with Crippen LogP contribution in [0.5, 0.6) is 0 Å². The highest BCUT2D eigenvalue weighted by atomic mass is 79.9. The van der Waals surface area contributed by atoms with Crippen LogP contribution in [0.15, 0.2) is 21.5 Å². The number of rotatable bonds is 7. The van der Waals surface area contributed by atoms with E-state index in [1.165, 1.54) is 0 Å². The van der Waals surface area contributed by atoms with Gasteiger partial charge in [-0.15, -0.1) is 0 Å². The van der Waals surface area contributed by atoms with E-state index in [0.29, 0.717) is 11.4 Å². The average molecular weight is 377 g/mol. The van der Waals surface area contributed by atoms with Crippen LogP contribution >= 0.6 is 15.9 Å². The van der Waals surface area contributed by atoms with E-state index in [4.69, 9.17) is 0 Å². The molecule has 0 radical (unpaired) electrons. The molecule has 0 unspecified atom stereocenters. The highest BCUT2D eigenvalue weighted by molar-refractivity contribution is 9.10. The van der Waals surface area contributed by atoms with Crippen LogP contribution < -0.4 is 10.0 Å². The van der Waals surface area contributed by atoms with E-state index >= 15 is 0 Å². The molecule has 0 atom stereocenters. The van der Waals surface area contributed by atoms with E-state index < -0.39 is 15.6 Å². The lowest BCUT2D eigenvalue weighted by Gasteiger charge is -2.28. The first-order chi connectivity index (χ1) is 9.69. The summed E-state index contributed by atoms with van der Waals surface area (Å²) in [5, 5.41) is 3.04. The zero-order valence-corrected chi connectivity index (χ0v) is 15.8. The minimum Gasteiger partial charge on any atom is -0.316 e. The van der Waals surface area contributed by atoms with E-state index in [0.717, 1.165) is 28.4 Å². The second-order valence-electron chi connectivity index (χ2n) is 5.60. The van der Waals surface area contributed by atoms with Crippen LogP contribution in [0.2, 0.25) is 0 Å². The van der Waals surface area contributed by atoms with Crippen molar-refractivity contribution in [2.24, 2.45) is 0 Å². The van der Waals surface area contributed by atoms with Gasteiger partial charge in [-0.2, -0.15) is 0 Å². The average Bonchev–Trinajstić information content (AvgIpc) is 2.42. The molecular formula is C15H25BrN2O2S. The topological polar surface area (TPSA) is 58.2 Å². The number of sulfonamides is 1. The van der Waals surface area contributed by atoms with Crippen LogP contribution in [-0.4, -0.2) is 21.0 Å². The van der Waals surface area contributed by atoms with Gasteiger partial charge in [0.05, 0.1) is 4.90 Å². The number of nitrogens with one attached hydrogen (secondary N) is 2. The molecule has 0 amide bonds. The maximum absolute atomic E-state index is 12.7. The molecule has 0 aliphatic carbocycles. The molecule has 4 nitrogen and oxygen atoms in total. The largest absolute Gasteiger partial charge is 0.316 e. The molecule has 0 saturated heterocycles. The fraction of sp³-hybridized carbons (Fsp3) is 0.600. The zero-order chi connectivity index (χ0) is 16.3. The molecule has 0 saturated carbocycles. The third-order valence-corrected chi connectivity index (χ3v) is 6.56. The van der Waals surface area contributed by atoms with Gasteiger partial charge in [0.1, 0.15) is 0 Å². The molecule has 21 heavy (non-hydrogen) atoms. The summed E-state index contributed by atoms with van der Waals surface area (Å²) < 4.78 is 29.1. The summed E-state index contributed by atoms with van der Waals surface area (Å²) in [6.07, 6.45) is 1.50. The first kappa shape index (κ1) is 18.6. The number of benzene rings is 1. The van der Waals surface area contributed by atoms with Crippen LogP contribution in [0.3, 0.4) is 0 Å². The Hall–Kier alpha value is -0.430. The van der Waals surface area contributed by atoms with E-state index in [-0.39, 0.29) is 0 Å². The zero-order valence-electron chi connectivity index (χ0n) is 13.4. The smallest absolute Gasteiger partial charge is 0.241 e. The van der Waals surface area contributed by atoms with Gasteiger partial charge in [0.2, 0.25) is 10.0 Å². The van der Waals surface area contributed by atoms with Crippen molar-refractivity contribution < 1.29 is 8.42 Å². The number of hydrogen-bond acceptors (Lipinski definition) is 3. The van der Waals surface area contributed by atoms with Gasteiger partial charge in [-0.25, -0.2) is 13.1 Å². The Bertz CT molecular complexity index is 596. The lowest BCUT2D eigenvalue weighted by molar-refractivity contribution is 0.388. The number of halogens is 1. The summed E-state index contributed by atoms with van der Waals surface area (Å²) in [6, 6.07) is 3.69. The molecule has 1 aromatic carbocycles. The van der Waals surface area contributed by atoms with Gasteiger partial charge in [-0.1, -0.05) is 29.8 Å². The van der Waals surface area contributed by atoms with Crippen molar-refractivity contribution >= 4 is 26.0 Å². The van der Waals surface area contributed by atoms with Gasteiger partial charge < -0.3 is 5.32 Å². The highest BCUT2D eigenvalue weighted by Crippen LogP contribution is 2.27. The summed E-state index contributed by atoms with van der Waals surface area (Å²) in [4.78, 5) is 0.343. The molecule has 6 heteroatoms. The van der Waals surface area contributed by atoms with E-state index in [1.54, 1.807) is 6.07 Å². The van der Waals surface area contributed by atoms with Gasteiger partial charge in [0, 0.05) is 16.6 Å². The molecule has 0 fully saturated rings. The molecule has 120 valence electrons. The first-order valence-corrected chi connectivity index (χ1v) is 9.44. The summed E-state index contributed by atoms with van der Waals surface area (Å²) in [5.41, 5.74) is 1.25. The van der Waals surface area contributed by atoms with E-state index in [2.05, 4.69) is 26.0 Å². The standard InChI is InChI=1S/C15H25BrN2O2S/c1-6-15(4,7-2)18-21(19,20)14-9-12(10-17-5)8-13(16)11(14)3/h8-9,17-18H,6-7,10H2,1-5H3. The third-order valence-electron chi connectivity index (χ3n) is 3.97. The normalized spacial score (nSPS) is 12.7. The Morgan fingerprint density at radius 2 is 1.81 bits per heavy atom. The number of hydrogen-bond donors (Lipinski definition) is 2. The van der Waals surface area contributed by atoms with Crippen molar-refractivity contribution in [1.29, 1.82) is 0 Å². The molecule has 1 aromatic rings. The quantitative estimate of drug-likeness (QED) is 0.766. The summed E-state index contributed by atoms with van der Waals surface area (Å²) in [6.45, 7) is 8.36. The third kappa shape index (κ3) is 4.52. The lowest BCUT2D eigenvalue weighted by atomic mass is 9.98. The summed E-state index contributed by atoms with van der Waals surface area (Å²) >= 11 is 3.45. The molecule has 0 heterocycles. The summed E-state index contributed by atoms with van der Waals surface area (Å²) in [7, 11) is -1.71. The minimum atomic E-state index is -3.54. The molecule has 0 bridgehead atoms. The minimum absolute atomic E-state index is 0.343. The van der Waals surface area contributed by atoms with Crippen LogP contribution in [0, 0.1) is 6.92 Å². The molecule has 0 aliphatic rings. The SMILES string of the molecule is CCC(C)(CC)NS(=O)(=O)c1cc(CNC)cc(Br)c1C. The Morgan fingerprint density at radius 1 is 1.24 bits per heavy atom. The maximum Gasteiger partial charge on any atom is 0.241 e. The highest BCUT2D eigenvalue weighted by Gasteiger charge is 2.29. The molecule has 0 aliphatic heterocycles. The van der Waals surface area contributed by atoms with Gasteiger partial charge in [0.15, 0.2) is 0 Å². The summed E-state index contributed by atoms with van der Waals surface area (Å²) in [5.74, 6) is 0. The van der Waals surface area contributed by atoms with Gasteiger partial charge in [0.25, 0.3) is 0 Å². The second-order valence-corrected chi connectivity index (χ2v) is 8.11. The van der Waals surface area contributed by atoms with Crippen LogP contribution in [0.1, 0.15) is 44.7 Å².